The van der Waals surface area contributed by atoms with Crippen LogP contribution in [0.4, 0.5) is 13.2 Å². The van der Waals surface area contributed by atoms with E-state index >= 15 is 0 Å². The molecule has 9 nitrogen and oxygen atoms in total. The van der Waals surface area contributed by atoms with Crippen molar-refractivity contribution in [2.75, 3.05) is 5.75 Å². The van der Waals surface area contributed by atoms with Crippen LogP contribution in [0.2, 0.25) is 0 Å². The van der Waals surface area contributed by atoms with E-state index in [4.69, 9.17) is 0 Å². The molecular weight excluding hydrogens is 485 g/mol. The summed E-state index contributed by atoms with van der Waals surface area (Å²) in [5.41, 5.74) is -0.471. The number of aromatic nitrogens is 5. The van der Waals surface area contributed by atoms with E-state index in [-0.39, 0.29) is 45.5 Å². The van der Waals surface area contributed by atoms with Crippen LogP contribution in [0, 0.1) is 5.92 Å². The van der Waals surface area contributed by atoms with Gasteiger partial charge in [-0.15, -0.1) is 10.2 Å². The molecule has 0 saturated heterocycles. The van der Waals surface area contributed by atoms with Crippen LogP contribution in [0.3, 0.4) is 0 Å². The van der Waals surface area contributed by atoms with Crippen molar-refractivity contribution >= 4 is 15.7 Å². The number of hydrogen-bond acceptors (Lipinski definition) is 7. The summed E-state index contributed by atoms with van der Waals surface area (Å²) in [6.45, 7) is 3.22. The number of amides is 1. The number of pyridine rings is 2. The van der Waals surface area contributed by atoms with E-state index < -0.39 is 27.6 Å². The third-order valence-electron chi connectivity index (χ3n) is 5.80. The minimum absolute atomic E-state index is 0.00421. The van der Waals surface area contributed by atoms with Crippen LogP contribution in [0.15, 0.2) is 35.5 Å². The monoisotopic (exact) mass is 508 g/mol. The molecule has 4 rings (SSSR count). The third kappa shape index (κ3) is 5.04. The van der Waals surface area contributed by atoms with Gasteiger partial charge in [0.1, 0.15) is 11.4 Å². The molecular formula is C22H23F3N6O3S. The molecule has 0 aromatic carbocycles. The molecule has 1 amide bonds. The van der Waals surface area contributed by atoms with Gasteiger partial charge in [-0.25, -0.2) is 8.42 Å². The Bertz CT molecular complexity index is 1380. The molecule has 13 heteroatoms. The predicted molar refractivity (Wildman–Crippen MR) is 119 cm³/mol. The van der Waals surface area contributed by atoms with Gasteiger partial charge in [-0.2, -0.15) is 13.2 Å². The van der Waals surface area contributed by atoms with Crippen LogP contribution in [0.1, 0.15) is 43.9 Å². The molecule has 186 valence electrons. The average molecular weight is 509 g/mol. The van der Waals surface area contributed by atoms with E-state index in [0.717, 1.165) is 31.2 Å². The fourth-order valence-electron chi connectivity index (χ4n) is 3.50. The fraction of sp³-hybridized carbons (Fsp3) is 0.409. The summed E-state index contributed by atoms with van der Waals surface area (Å²) in [5, 5.41) is 10.8. The summed E-state index contributed by atoms with van der Waals surface area (Å²) in [7, 11) is -2.30. The largest absolute Gasteiger partial charge is 0.416 e. The molecule has 0 radical (unpaired) electrons. The molecule has 3 heterocycles. The number of rotatable bonds is 7. The first-order valence-corrected chi connectivity index (χ1v) is 12.5. The number of alkyl halides is 3. The van der Waals surface area contributed by atoms with Crippen molar-refractivity contribution in [3.63, 3.8) is 0 Å². The first-order valence-electron chi connectivity index (χ1n) is 10.9. The summed E-state index contributed by atoms with van der Waals surface area (Å²) < 4.78 is 66.6. The molecule has 0 bridgehead atoms. The van der Waals surface area contributed by atoms with Crippen LogP contribution in [-0.4, -0.2) is 44.8 Å². The van der Waals surface area contributed by atoms with Crippen molar-refractivity contribution in [1.29, 1.82) is 0 Å². The van der Waals surface area contributed by atoms with Crippen molar-refractivity contribution in [2.24, 2.45) is 13.0 Å². The molecule has 0 aliphatic heterocycles. The number of halogens is 3. The van der Waals surface area contributed by atoms with Crippen LogP contribution in [0.5, 0.6) is 0 Å². The van der Waals surface area contributed by atoms with Gasteiger partial charge in [-0.05, 0) is 43.5 Å². The highest BCUT2D eigenvalue weighted by Gasteiger charge is 2.33. The maximum Gasteiger partial charge on any atom is 0.416 e. The molecule has 0 spiro atoms. The van der Waals surface area contributed by atoms with Crippen molar-refractivity contribution in [3.05, 3.63) is 41.7 Å². The summed E-state index contributed by atoms with van der Waals surface area (Å²) in [6.07, 6.45) is -0.437. The van der Waals surface area contributed by atoms with Gasteiger partial charge in [0.25, 0.3) is 0 Å². The van der Waals surface area contributed by atoms with Gasteiger partial charge in [-0.3, -0.25) is 14.8 Å². The number of carbonyl (C=O) groups is 1. The number of sulfone groups is 1. The molecule has 1 saturated carbocycles. The third-order valence-corrected chi connectivity index (χ3v) is 7.54. The lowest BCUT2D eigenvalue weighted by Crippen LogP contribution is -2.28. The quantitative estimate of drug-likeness (QED) is 0.520. The second-order valence-corrected chi connectivity index (χ2v) is 10.6. The predicted octanol–water partition coefficient (Wildman–Crippen LogP) is 3.34. The second-order valence-electron chi connectivity index (χ2n) is 8.36. The van der Waals surface area contributed by atoms with Gasteiger partial charge >= 0.3 is 6.18 Å². The maximum absolute atomic E-state index is 13.1. The van der Waals surface area contributed by atoms with Crippen molar-refractivity contribution < 1.29 is 26.4 Å². The Kier molecular flexibility index (Phi) is 6.38. The summed E-state index contributed by atoms with van der Waals surface area (Å²) >= 11 is 0. The molecule has 1 unspecified atom stereocenters. The highest BCUT2D eigenvalue weighted by Crippen LogP contribution is 2.33. The van der Waals surface area contributed by atoms with Gasteiger partial charge < -0.3 is 9.88 Å². The Hall–Kier alpha value is -3.35. The molecule has 1 aliphatic rings. The number of hydrogen-bond donors (Lipinski definition) is 1. The van der Waals surface area contributed by atoms with Gasteiger partial charge in [0.05, 0.1) is 22.3 Å². The molecule has 1 N–H and O–H groups in total. The van der Waals surface area contributed by atoms with Crippen molar-refractivity contribution in [1.82, 2.24) is 30.0 Å². The van der Waals surface area contributed by atoms with Gasteiger partial charge in [0.15, 0.2) is 21.5 Å². The van der Waals surface area contributed by atoms with E-state index in [0.29, 0.717) is 5.56 Å². The lowest BCUT2D eigenvalue weighted by atomic mass is 10.1. The Labute approximate surface area is 199 Å². The number of carbonyl (C=O) groups excluding carboxylic acids is 1. The Morgan fingerprint density at radius 3 is 2.51 bits per heavy atom. The van der Waals surface area contributed by atoms with Gasteiger partial charge in [0.2, 0.25) is 5.91 Å². The van der Waals surface area contributed by atoms with E-state index in [1.807, 2.05) is 0 Å². The molecule has 1 atom stereocenters. The average Bonchev–Trinajstić information content (AvgIpc) is 3.60. The maximum atomic E-state index is 13.1. The van der Waals surface area contributed by atoms with Crippen LogP contribution >= 0.6 is 0 Å². The molecule has 1 fully saturated rings. The van der Waals surface area contributed by atoms with E-state index in [9.17, 15) is 26.4 Å². The first-order chi connectivity index (χ1) is 16.4. The lowest BCUT2D eigenvalue weighted by molar-refractivity contribution is -0.137. The Morgan fingerprint density at radius 2 is 1.89 bits per heavy atom. The Morgan fingerprint density at radius 1 is 1.20 bits per heavy atom. The van der Waals surface area contributed by atoms with Gasteiger partial charge in [0, 0.05) is 25.4 Å². The van der Waals surface area contributed by atoms with E-state index in [2.05, 4.69) is 25.5 Å². The summed E-state index contributed by atoms with van der Waals surface area (Å²) in [4.78, 5) is 20.3. The number of nitrogens with one attached hydrogen (secondary N) is 1. The SMILES string of the molecule is CCS(=O)(=O)c1cc(C(C)NC(=O)C2CC2)cnc1-c1nnc(-c2cc(C(F)(F)F)ccn2)n1C. The minimum atomic E-state index is -4.56. The molecule has 3 aromatic heterocycles. The summed E-state index contributed by atoms with van der Waals surface area (Å²) in [5.74, 6) is -0.249. The van der Waals surface area contributed by atoms with Crippen molar-refractivity contribution in [2.45, 2.75) is 43.8 Å². The number of nitrogens with zero attached hydrogens (tertiary/aromatic N) is 5. The van der Waals surface area contributed by atoms with Crippen molar-refractivity contribution in [3.8, 4) is 23.0 Å². The molecule has 1 aliphatic carbocycles. The molecule has 3 aromatic rings. The minimum Gasteiger partial charge on any atom is -0.349 e. The topological polar surface area (TPSA) is 120 Å². The highest BCUT2D eigenvalue weighted by molar-refractivity contribution is 7.91. The van der Waals surface area contributed by atoms with E-state index in [1.165, 1.54) is 30.8 Å². The van der Waals surface area contributed by atoms with Gasteiger partial charge in [-0.1, -0.05) is 6.92 Å². The fourth-order valence-corrected chi connectivity index (χ4v) is 4.57. The Balaban J connectivity index is 1.76. The second kappa shape index (κ2) is 9.02. The summed E-state index contributed by atoms with van der Waals surface area (Å²) in [6, 6.07) is 2.66. The highest BCUT2D eigenvalue weighted by atomic mass is 32.2. The van der Waals surface area contributed by atoms with Crippen LogP contribution < -0.4 is 5.32 Å². The lowest BCUT2D eigenvalue weighted by Gasteiger charge is -2.16. The zero-order chi connectivity index (χ0) is 25.5. The van der Waals surface area contributed by atoms with E-state index in [1.54, 1.807) is 6.92 Å². The smallest absolute Gasteiger partial charge is 0.349 e. The zero-order valence-electron chi connectivity index (χ0n) is 19.2. The standard InChI is InChI=1S/C22H23F3N6O3S/c1-4-35(33,34)17-9-14(12(2)28-21(32)13-5-6-13)11-27-18(17)20-30-29-19(31(20)3)16-10-15(7-8-26-16)22(23,24)25/h7-13H,4-6H2,1-3H3,(H,28,32). The van der Waals surface area contributed by atoms with Crippen LogP contribution in [-0.2, 0) is 27.9 Å². The zero-order valence-corrected chi connectivity index (χ0v) is 20.0. The normalized spacial score (nSPS) is 15.1. The first kappa shape index (κ1) is 24.8. The van der Waals surface area contributed by atoms with Crippen LogP contribution in [0.25, 0.3) is 23.0 Å². The molecule has 35 heavy (non-hydrogen) atoms.